The number of carbonyl (C=O) groups is 1. The summed E-state index contributed by atoms with van der Waals surface area (Å²) in [6.07, 6.45) is 3.38. The van der Waals surface area contributed by atoms with Crippen LogP contribution in [0.5, 0.6) is 0 Å². The summed E-state index contributed by atoms with van der Waals surface area (Å²) in [5.41, 5.74) is 1.95. The Morgan fingerprint density at radius 2 is 1.63 bits per heavy atom. The second-order valence-corrected chi connectivity index (χ2v) is 5.73. The molecule has 3 heterocycles. The number of nitrogens with zero attached hydrogens (tertiary/aromatic N) is 5. The molecule has 0 radical (unpaired) electrons. The highest BCUT2D eigenvalue weighted by Crippen LogP contribution is 2.17. The fourth-order valence-electron chi connectivity index (χ4n) is 2.55. The van der Waals surface area contributed by atoms with Crippen LogP contribution in [0.15, 0.2) is 79.1 Å². The zero-order chi connectivity index (χ0) is 18.5. The van der Waals surface area contributed by atoms with Crippen LogP contribution in [-0.4, -0.2) is 30.6 Å². The number of rotatable bonds is 5. The standard InChI is InChI=1S/C20H16N6O/c27-19(15-8-2-1-3-9-15)26-20(23-14-16-10-4-6-12-21-16)24-18(25-26)17-11-5-7-13-22-17/h1-13H,14H2,(H,23,24,25). The molecule has 4 rings (SSSR count). The molecule has 0 aliphatic rings. The van der Waals surface area contributed by atoms with Crippen LogP contribution >= 0.6 is 0 Å². The van der Waals surface area contributed by atoms with Crippen molar-refractivity contribution >= 4 is 11.9 Å². The van der Waals surface area contributed by atoms with Gasteiger partial charge < -0.3 is 5.32 Å². The van der Waals surface area contributed by atoms with Crippen molar-refractivity contribution in [1.82, 2.24) is 24.7 Å². The molecule has 1 aromatic carbocycles. The Kier molecular flexibility index (Phi) is 4.65. The molecule has 7 heteroatoms. The Labute approximate surface area is 155 Å². The van der Waals surface area contributed by atoms with Crippen LogP contribution in [0.1, 0.15) is 16.1 Å². The van der Waals surface area contributed by atoms with Gasteiger partial charge in [-0.25, -0.2) is 0 Å². The predicted molar refractivity (Wildman–Crippen MR) is 101 cm³/mol. The van der Waals surface area contributed by atoms with Gasteiger partial charge >= 0.3 is 0 Å². The van der Waals surface area contributed by atoms with E-state index >= 15 is 0 Å². The third-order valence-corrected chi connectivity index (χ3v) is 3.87. The first-order valence-electron chi connectivity index (χ1n) is 8.43. The van der Waals surface area contributed by atoms with Crippen LogP contribution in [-0.2, 0) is 6.54 Å². The molecule has 0 atom stereocenters. The highest BCUT2D eigenvalue weighted by atomic mass is 16.2. The monoisotopic (exact) mass is 356 g/mol. The summed E-state index contributed by atoms with van der Waals surface area (Å²) < 4.78 is 1.27. The van der Waals surface area contributed by atoms with E-state index in [2.05, 4.69) is 25.4 Å². The number of hydrogen-bond donors (Lipinski definition) is 1. The highest BCUT2D eigenvalue weighted by molar-refractivity contribution is 5.97. The van der Waals surface area contributed by atoms with E-state index in [1.165, 1.54) is 4.68 Å². The molecule has 4 aromatic rings. The Balaban J connectivity index is 1.69. The van der Waals surface area contributed by atoms with Crippen molar-refractivity contribution in [2.75, 3.05) is 5.32 Å². The summed E-state index contributed by atoms with van der Waals surface area (Å²) in [6.45, 7) is 0.420. The van der Waals surface area contributed by atoms with Gasteiger partial charge in [-0.05, 0) is 36.4 Å². The van der Waals surface area contributed by atoms with Crippen LogP contribution in [0.2, 0.25) is 0 Å². The molecule has 0 aliphatic carbocycles. The van der Waals surface area contributed by atoms with Crippen LogP contribution in [0.25, 0.3) is 11.5 Å². The first-order chi connectivity index (χ1) is 13.3. The third-order valence-electron chi connectivity index (χ3n) is 3.87. The van der Waals surface area contributed by atoms with E-state index in [9.17, 15) is 4.79 Å². The number of benzene rings is 1. The smallest absolute Gasteiger partial charge is 0.281 e. The second-order valence-electron chi connectivity index (χ2n) is 5.73. The summed E-state index contributed by atoms with van der Waals surface area (Å²) >= 11 is 0. The van der Waals surface area contributed by atoms with Gasteiger partial charge in [0.25, 0.3) is 5.91 Å². The quantitative estimate of drug-likeness (QED) is 0.591. The van der Waals surface area contributed by atoms with E-state index in [1.807, 2.05) is 48.5 Å². The van der Waals surface area contributed by atoms with E-state index in [0.29, 0.717) is 29.6 Å². The van der Waals surface area contributed by atoms with Gasteiger partial charge in [0.15, 0.2) is 0 Å². The van der Waals surface area contributed by atoms with Crippen molar-refractivity contribution < 1.29 is 4.79 Å². The van der Waals surface area contributed by atoms with E-state index in [-0.39, 0.29) is 5.91 Å². The Bertz CT molecular complexity index is 1030. The summed E-state index contributed by atoms with van der Waals surface area (Å²) in [5.74, 6) is 0.451. The Morgan fingerprint density at radius 1 is 0.889 bits per heavy atom. The molecule has 27 heavy (non-hydrogen) atoms. The maximum Gasteiger partial charge on any atom is 0.281 e. The number of hydrogen-bond acceptors (Lipinski definition) is 6. The van der Waals surface area contributed by atoms with Crippen LogP contribution < -0.4 is 5.32 Å². The highest BCUT2D eigenvalue weighted by Gasteiger charge is 2.19. The molecule has 0 fully saturated rings. The molecule has 0 saturated heterocycles. The van der Waals surface area contributed by atoms with Gasteiger partial charge in [-0.1, -0.05) is 30.3 Å². The van der Waals surface area contributed by atoms with Crippen molar-refractivity contribution in [2.24, 2.45) is 0 Å². The molecule has 0 bridgehead atoms. The Hall–Kier alpha value is -3.87. The minimum atomic E-state index is -0.270. The van der Waals surface area contributed by atoms with E-state index < -0.39 is 0 Å². The average Bonchev–Trinajstić information content (AvgIpc) is 3.18. The molecule has 1 N–H and O–H groups in total. The van der Waals surface area contributed by atoms with Gasteiger partial charge in [-0.3, -0.25) is 14.8 Å². The number of anilines is 1. The SMILES string of the molecule is O=C(c1ccccc1)n1nc(-c2ccccn2)nc1NCc1ccccn1. The van der Waals surface area contributed by atoms with E-state index in [1.54, 1.807) is 30.6 Å². The lowest BCUT2D eigenvalue weighted by atomic mass is 10.2. The number of nitrogens with one attached hydrogen (secondary N) is 1. The van der Waals surface area contributed by atoms with Crippen molar-refractivity contribution in [2.45, 2.75) is 6.54 Å². The lowest BCUT2D eigenvalue weighted by Gasteiger charge is -2.06. The molecule has 0 saturated carbocycles. The summed E-state index contributed by atoms with van der Waals surface area (Å²) in [4.78, 5) is 25.9. The van der Waals surface area contributed by atoms with Crippen LogP contribution in [0.4, 0.5) is 5.95 Å². The largest absolute Gasteiger partial charge is 0.348 e. The zero-order valence-corrected chi connectivity index (χ0v) is 14.4. The topological polar surface area (TPSA) is 85.6 Å². The number of aromatic nitrogens is 5. The summed E-state index contributed by atoms with van der Waals surface area (Å²) in [7, 11) is 0. The Morgan fingerprint density at radius 3 is 2.33 bits per heavy atom. The maximum absolute atomic E-state index is 12.9. The van der Waals surface area contributed by atoms with Gasteiger partial charge in [0.1, 0.15) is 5.69 Å². The molecule has 0 spiro atoms. The molecule has 0 aliphatic heterocycles. The van der Waals surface area contributed by atoms with Gasteiger partial charge in [0, 0.05) is 18.0 Å². The minimum Gasteiger partial charge on any atom is -0.348 e. The van der Waals surface area contributed by atoms with Crippen LogP contribution in [0, 0.1) is 0 Å². The van der Waals surface area contributed by atoms with Gasteiger partial charge in [0.2, 0.25) is 11.8 Å². The van der Waals surface area contributed by atoms with Crippen LogP contribution in [0.3, 0.4) is 0 Å². The maximum atomic E-state index is 12.9. The number of carbonyl (C=O) groups excluding carboxylic acids is 1. The van der Waals surface area contributed by atoms with E-state index in [4.69, 9.17) is 0 Å². The first-order valence-corrected chi connectivity index (χ1v) is 8.43. The molecule has 132 valence electrons. The fourth-order valence-corrected chi connectivity index (χ4v) is 2.55. The van der Waals surface area contributed by atoms with E-state index in [0.717, 1.165) is 5.69 Å². The normalized spacial score (nSPS) is 10.5. The van der Waals surface area contributed by atoms with Crippen molar-refractivity contribution in [3.05, 3.63) is 90.4 Å². The molecular weight excluding hydrogens is 340 g/mol. The summed E-state index contributed by atoms with van der Waals surface area (Å²) in [5, 5.41) is 7.53. The molecular formula is C20H16N6O. The molecule has 7 nitrogen and oxygen atoms in total. The second kappa shape index (κ2) is 7.57. The fraction of sp³-hybridized carbons (Fsp3) is 0.0500. The molecule has 0 amide bonds. The zero-order valence-electron chi connectivity index (χ0n) is 14.4. The van der Waals surface area contributed by atoms with Crippen molar-refractivity contribution in [3.63, 3.8) is 0 Å². The van der Waals surface area contributed by atoms with Gasteiger partial charge in [0.05, 0.1) is 12.2 Å². The van der Waals surface area contributed by atoms with Crippen molar-refractivity contribution in [1.29, 1.82) is 0 Å². The average molecular weight is 356 g/mol. The first kappa shape index (κ1) is 16.6. The lowest BCUT2D eigenvalue weighted by Crippen LogP contribution is -2.17. The number of pyridine rings is 2. The lowest BCUT2D eigenvalue weighted by molar-refractivity contribution is 0.0947. The van der Waals surface area contributed by atoms with Gasteiger partial charge in [-0.15, -0.1) is 5.10 Å². The molecule has 3 aromatic heterocycles. The van der Waals surface area contributed by atoms with Gasteiger partial charge in [-0.2, -0.15) is 9.67 Å². The molecule has 0 unspecified atom stereocenters. The predicted octanol–water partition coefficient (Wildman–Crippen LogP) is 3.04. The summed E-state index contributed by atoms with van der Waals surface area (Å²) in [6, 6.07) is 20.1. The third kappa shape index (κ3) is 3.72. The minimum absolute atomic E-state index is 0.270. The van der Waals surface area contributed by atoms with Crippen molar-refractivity contribution in [3.8, 4) is 11.5 Å².